The first-order valence-corrected chi connectivity index (χ1v) is 11.3. The first-order chi connectivity index (χ1) is 16.2. The van der Waals surface area contributed by atoms with Gasteiger partial charge in [-0.2, -0.15) is 0 Å². The minimum atomic E-state index is 0.424. The molecule has 0 fully saturated rings. The van der Waals surface area contributed by atoms with Crippen molar-refractivity contribution in [1.82, 2.24) is 25.2 Å². The largest absolute Gasteiger partial charge is 0.444 e. The molecule has 0 saturated carbocycles. The molecule has 2 aromatic heterocycles. The van der Waals surface area contributed by atoms with Crippen LogP contribution in [0.5, 0.6) is 0 Å². The fourth-order valence-electron chi connectivity index (χ4n) is 3.48. The smallest absolute Gasteiger partial charge is 0.226 e. The molecular formula is C26H30N6O. The zero-order valence-corrected chi connectivity index (χ0v) is 19.2. The van der Waals surface area contributed by atoms with Gasteiger partial charge in [0.1, 0.15) is 17.8 Å². The van der Waals surface area contributed by atoms with Gasteiger partial charge in [0.25, 0.3) is 0 Å². The van der Waals surface area contributed by atoms with E-state index in [-0.39, 0.29) is 0 Å². The molecule has 2 heterocycles. The molecule has 7 nitrogen and oxygen atoms in total. The van der Waals surface area contributed by atoms with E-state index in [4.69, 9.17) is 4.42 Å². The normalized spacial score (nSPS) is 11.5. The number of hydrogen-bond acceptors (Lipinski definition) is 4. The molecule has 0 aliphatic rings. The Kier molecular flexibility index (Phi) is 7.53. The molecule has 0 saturated heterocycles. The van der Waals surface area contributed by atoms with Crippen LogP contribution in [0.1, 0.15) is 29.6 Å². The first kappa shape index (κ1) is 22.3. The van der Waals surface area contributed by atoms with Gasteiger partial charge < -0.3 is 19.6 Å². The Bertz CT molecular complexity index is 1160. The minimum Gasteiger partial charge on any atom is -0.444 e. The summed E-state index contributed by atoms with van der Waals surface area (Å²) in [5.74, 6) is 2.30. The van der Waals surface area contributed by atoms with Crippen LogP contribution in [-0.4, -0.2) is 27.0 Å². The molecule has 170 valence electrons. The molecule has 0 amide bonds. The highest BCUT2D eigenvalue weighted by atomic mass is 16.3. The van der Waals surface area contributed by atoms with Gasteiger partial charge in [0.15, 0.2) is 5.96 Å². The van der Waals surface area contributed by atoms with Crippen molar-refractivity contribution < 1.29 is 4.42 Å². The Labute approximate surface area is 194 Å². The van der Waals surface area contributed by atoms with Gasteiger partial charge in [-0.3, -0.25) is 0 Å². The van der Waals surface area contributed by atoms with Crippen LogP contribution in [0.15, 0.2) is 82.7 Å². The van der Waals surface area contributed by atoms with Crippen LogP contribution >= 0.6 is 0 Å². The number of oxazole rings is 1. The zero-order valence-electron chi connectivity index (χ0n) is 19.2. The van der Waals surface area contributed by atoms with E-state index in [1.165, 1.54) is 11.1 Å². The van der Waals surface area contributed by atoms with Crippen molar-refractivity contribution in [3.63, 3.8) is 0 Å². The number of guanidine groups is 1. The number of rotatable bonds is 9. The lowest BCUT2D eigenvalue weighted by molar-refractivity contribution is 0.572. The third-order valence-corrected chi connectivity index (χ3v) is 5.29. The van der Waals surface area contributed by atoms with Gasteiger partial charge in [-0.1, -0.05) is 48.0 Å². The van der Waals surface area contributed by atoms with E-state index in [1.807, 2.05) is 49.6 Å². The van der Waals surface area contributed by atoms with Crippen LogP contribution in [0.3, 0.4) is 0 Å². The van der Waals surface area contributed by atoms with Crippen LogP contribution in [0, 0.1) is 6.92 Å². The highest BCUT2D eigenvalue weighted by Gasteiger charge is 2.08. The monoisotopic (exact) mass is 442 g/mol. The van der Waals surface area contributed by atoms with Crippen LogP contribution in [0.2, 0.25) is 0 Å². The lowest BCUT2D eigenvalue weighted by atomic mass is 10.1. The maximum absolute atomic E-state index is 5.65. The van der Waals surface area contributed by atoms with Crippen molar-refractivity contribution in [3.05, 3.63) is 95.9 Å². The maximum Gasteiger partial charge on any atom is 0.226 e. The Balaban J connectivity index is 1.35. The number of aliphatic imine (C=N–C) groups is 1. The second kappa shape index (κ2) is 11.1. The van der Waals surface area contributed by atoms with E-state index in [1.54, 1.807) is 6.26 Å². The molecule has 0 unspecified atom stereocenters. The number of hydrogen-bond donors (Lipinski definition) is 2. The second-order valence-electron chi connectivity index (χ2n) is 7.83. The molecule has 2 N–H and O–H groups in total. The second-order valence-corrected chi connectivity index (χ2v) is 7.83. The quantitative estimate of drug-likeness (QED) is 0.298. The predicted octanol–water partition coefficient (Wildman–Crippen LogP) is 4.34. The average molecular weight is 443 g/mol. The van der Waals surface area contributed by atoms with Crippen molar-refractivity contribution in [1.29, 1.82) is 0 Å². The molecular weight excluding hydrogens is 412 g/mol. The fourth-order valence-corrected chi connectivity index (χ4v) is 3.48. The van der Waals surface area contributed by atoms with Crippen LogP contribution in [0.4, 0.5) is 0 Å². The summed E-state index contributed by atoms with van der Waals surface area (Å²) in [5.41, 5.74) is 4.27. The number of aryl methyl sites for hydroxylation is 3. The number of imidazole rings is 1. The summed E-state index contributed by atoms with van der Waals surface area (Å²) < 4.78 is 7.82. The van der Waals surface area contributed by atoms with Crippen LogP contribution < -0.4 is 10.6 Å². The molecule has 0 aliphatic heterocycles. The van der Waals surface area contributed by atoms with Crippen molar-refractivity contribution in [2.24, 2.45) is 4.99 Å². The van der Waals surface area contributed by atoms with Gasteiger partial charge in [0.05, 0.1) is 13.1 Å². The van der Waals surface area contributed by atoms with E-state index in [0.717, 1.165) is 42.6 Å². The predicted molar refractivity (Wildman–Crippen MR) is 131 cm³/mol. The van der Waals surface area contributed by atoms with Crippen molar-refractivity contribution in [2.45, 2.75) is 39.9 Å². The SMILES string of the molecule is CCNC(=NCc1coc(-c2ccc(C)cc2)n1)NCc1nccn1CCc1ccccc1. The summed E-state index contributed by atoms with van der Waals surface area (Å²) in [6.45, 7) is 6.76. The number of aromatic nitrogens is 3. The van der Waals surface area contributed by atoms with Gasteiger partial charge >= 0.3 is 0 Å². The fraction of sp³-hybridized carbons (Fsp3) is 0.269. The zero-order chi connectivity index (χ0) is 22.9. The molecule has 0 aliphatic carbocycles. The van der Waals surface area contributed by atoms with E-state index < -0.39 is 0 Å². The molecule has 4 rings (SSSR count). The van der Waals surface area contributed by atoms with E-state index in [2.05, 4.69) is 61.4 Å². The van der Waals surface area contributed by atoms with Gasteiger partial charge in [-0.25, -0.2) is 15.0 Å². The maximum atomic E-state index is 5.65. The van der Waals surface area contributed by atoms with Gasteiger partial charge in [-0.05, 0) is 38.0 Å². The molecule has 0 radical (unpaired) electrons. The topological polar surface area (TPSA) is 80.3 Å². The summed E-state index contributed by atoms with van der Waals surface area (Å²) in [6.07, 6.45) is 6.49. The number of nitrogens with zero attached hydrogens (tertiary/aromatic N) is 4. The Morgan fingerprint density at radius 2 is 1.88 bits per heavy atom. The van der Waals surface area contributed by atoms with E-state index in [0.29, 0.717) is 19.0 Å². The number of nitrogens with one attached hydrogen (secondary N) is 2. The Morgan fingerprint density at radius 1 is 1.06 bits per heavy atom. The van der Waals surface area contributed by atoms with Gasteiger partial charge in [0.2, 0.25) is 5.89 Å². The van der Waals surface area contributed by atoms with Gasteiger partial charge in [0, 0.05) is 31.0 Å². The lowest BCUT2D eigenvalue weighted by Crippen LogP contribution is -2.37. The highest BCUT2D eigenvalue weighted by Crippen LogP contribution is 2.19. The Hall–Kier alpha value is -3.87. The van der Waals surface area contributed by atoms with E-state index in [9.17, 15) is 0 Å². The molecule has 0 spiro atoms. The molecule has 4 aromatic rings. The van der Waals surface area contributed by atoms with Crippen LogP contribution in [0.25, 0.3) is 11.5 Å². The number of benzene rings is 2. The third kappa shape index (κ3) is 6.32. The summed E-state index contributed by atoms with van der Waals surface area (Å²) in [5, 5.41) is 6.65. The van der Waals surface area contributed by atoms with Crippen molar-refractivity contribution in [2.75, 3.05) is 6.54 Å². The minimum absolute atomic E-state index is 0.424. The standard InChI is InChI=1S/C26H30N6O/c1-3-27-26(29-17-23-19-33-25(31-23)22-11-9-20(2)10-12-22)30-18-24-28-14-16-32(24)15-13-21-7-5-4-6-8-21/h4-12,14,16,19H,3,13,15,17-18H2,1-2H3,(H2,27,29,30). The molecule has 7 heteroatoms. The molecule has 2 aromatic carbocycles. The third-order valence-electron chi connectivity index (χ3n) is 5.29. The van der Waals surface area contributed by atoms with Crippen molar-refractivity contribution in [3.8, 4) is 11.5 Å². The summed E-state index contributed by atoms with van der Waals surface area (Å²) in [7, 11) is 0. The van der Waals surface area contributed by atoms with E-state index >= 15 is 0 Å². The lowest BCUT2D eigenvalue weighted by Gasteiger charge is -2.12. The summed E-state index contributed by atoms with van der Waals surface area (Å²) in [4.78, 5) is 13.7. The highest BCUT2D eigenvalue weighted by molar-refractivity contribution is 5.79. The average Bonchev–Trinajstić information content (AvgIpc) is 3.50. The molecule has 0 atom stereocenters. The molecule has 33 heavy (non-hydrogen) atoms. The molecule has 0 bridgehead atoms. The van der Waals surface area contributed by atoms with Gasteiger partial charge in [-0.15, -0.1) is 0 Å². The summed E-state index contributed by atoms with van der Waals surface area (Å²) >= 11 is 0. The first-order valence-electron chi connectivity index (χ1n) is 11.3. The summed E-state index contributed by atoms with van der Waals surface area (Å²) in [6, 6.07) is 18.6. The van der Waals surface area contributed by atoms with Crippen LogP contribution in [-0.2, 0) is 26.1 Å². The Morgan fingerprint density at radius 3 is 2.67 bits per heavy atom. The van der Waals surface area contributed by atoms with Crippen molar-refractivity contribution >= 4 is 5.96 Å².